The van der Waals surface area contributed by atoms with Crippen molar-refractivity contribution in [2.24, 2.45) is 0 Å². The van der Waals surface area contributed by atoms with Crippen molar-refractivity contribution in [1.29, 1.82) is 0 Å². The van der Waals surface area contributed by atoms with E-state index in [1.54, 1.807) is 0 Å². The van der Waals surface area contributed by atoms with Gasteiger partial charge in [-0.15, -0.1) is 0 Å². The Kier molecular flexibility index (Phi) is 10.0. The van der Waals surface area contributed by atoms with E-state index in [4.69, 9.17) is 0 Å². The number of hydrogen-bond donors (Lipinski definition) is 0. The minimum atomic E-state index is 1.15. The Balaban J connectivity index is 1.14. The van der Waals surface area contributed by atoms with Gasteiger partial charge in [0, 0.05) is 32.9 Å². The summed E-state index contributed by atoms with van der Waals surface area (Å²) < 4.78 is 4.85. The second kappa shape index (κ2) is 17.4. The minimum absolute atomic E-state index is 1.15. The van der Waals surface area contributed by atoms with Gasteiger partial charge in [0.05, 0.1) is 22.1 Å². The third-order valence-electron chi connectivity index (χ3n) is 16.2. The molecule has 0 aliphatic heterocycles. The van der Waals surface area contributed by atoms with Crippen molar-refractivity contribution >= 4 is 71.5 Å². The second-order valence-corrected chi connectivity index (χ2v) is 20.3. The molecule has 0 atom stereocenters. The topological polar surface area (TPSA) is 9.86 Å². The summed E-state index contributed by atoms with van der Waals surface area (Å²) in [7, 11) is 0. The maximum atomic E-state index is 2.50. The molecule has 0 bridgehead atoms. The molecule has 2 aliphatic carbocycles. The summed E-state index contributed by atoms with van der Waals surface area (Å²) >= 11 is 0. The van der Waals surface area contributed by atoms with Gasteiger partial charge in [-0.1, -0.05) is 206 Å². The van der Waals surface area contributed by atoms with Gasteiger partial charge in [-0.05, 0) is 175 Å². The Morgan fingerprint density at radius 1 is 0.211 bits per heavy atom. The van der Waals surface area contributed by atoms with E-state index in [1.807, 2.05) is 0 Å². The molecule has 2 nitrogen and oxygen atoms in total. The fourth-order valence-electron chi connectivity index (χ4n) is 13.1. The van der Waals surface area contributed by atoms with Crippen LogP contribution in [0.3, 0.4) is 0 Å². The van der Waals surface area contributed by atoms with Gasteiger partial charge in [0.1, 0.15) is 0 Å². The lowest BCUT2D eigenvalue weighted by atomic mass is 9.79. The van der Waals surface area contributed by atoms with Crippen molar-refractivity contribution in [3.63, 3.8) is 0 Å². The summed E-state index contributed by atoms with van der Waals surface area (Å²) in [6.07, 6.45) is 0. The number of fused-ring (bicyclic) bond motifs is 9. The van der Waals surface area contributed by atoms with Crippen molar-refractivity contribution < 1.29 is 0 Å². The number of hydrogen-bond acceptors (Lipinski definition) is 0. The van der Waals surface area contributed by atoms with Crippen LogP contribution in [0.25, 0.3) is 105 Å². The predicted molar refractivity (Wildman–Crippen MR) is 321 cm³/mol. The molecule has 0 saturated heterocycles. The van der Waals surface area contributed by atoms with Crippen LogP contribution in [0.5, 0.6) is 0 Å². The van der Waals surface area contributed by atoms with Gasteiger partial charge in [-0.2, -0.15) is 0 Å². The van der Waals surface area contributed by atoms with Gasteiger partial charge in [-0.3, -0.25) is 0 Å². The molecule has 76 heavy (non-hydrogen) atoms. The van der Waals surface area contributed by atoms with E-state index in [0.717, 1.165) is 11.4 Å². The smallest absolute Gasteiger partial charge is 0.0541 e. The summed E-state index contributed by atoms with van der Waals surface area (Å²) in [5, 5.41) is 4.93. The number of nitrogens with zero attached hydrogens (tertiary/aromatic N) is 2. The monoisotopic (exact) mass is 966 g/mol. The molecule has 356 valence electrons. The van der Waals surface area contributed by atoms with Crippen molar-refractivity contribution in [3.8, 4) is 33.6 Å². The lowest BCUT2D eigenvalue weighted by molar-refractivity contribution is 1.18. The van der Waals surface area contributed by atoms with Crippen LogP contribution in [0.15, 0.2) is 272 Å². The molecule has 0 radical (unpaired) electrons. The quantitative estimate of drug-likeness (QED) is 0.144. The molecule has 0 unspecified atom stereocenters. The Bertz CT molecular complexity index is 4570. The molecule has 0 amide bonds. The maximum Gasteiger partial charge on any atom is 0.0541 e. The second-order valence-electron chi connectivity index (χ2n) is 20.3. The van der Waals surface area contributed by atoms with Crippen LogP contribution in [0.4, 0.5) is 0 Å². The highest BCUT2D eigenvalue weighted by molar-refractivity contribution is 6.40. The van der Waals surface area contributed by atoms with E-state index < -0.39 is 0 Å². The molecule has 0 spiro atoms. The standard InChI is InChI=1S/C74H50N2/c1-47-65(49-25-9-3-10-26-49)66(50-27-11-4-12-28-50)48(2)68-67(47)71(53-41-43-63-59(45-53)57-37-21-23-39-61(57)75(63)55-33-17-7-18-34-55)74-70(52-31-15-6-16-32-52)69(51-29-13-5-14-30-51)72(73(68)74)54-42-44-64-60(46-54)58-38-22-24-40-62(58)76(64)56-35-19-8-20-36-56/h3-46H,1-2H3. The normalized spacial score (nSPS) is 13.2. The van der Waals surface area contributed by atoms with Gasteiger partial charge in [0.2, 0.25) is 0 Å². The molecule has 13 aromatic rings. The molecule has 15 rings (SSSR count). The molecule has 0 saturated carbocycles. The Morgan fingerprint density at radius 3 is 0.961 bits per heavy atom. The molecule has 0 fully saturated rings. The van der Waals surface area contributed by atoms with Crippen LogP contribution in [0.2, 0.25) is 0 Å². The van der Waals surface area contributed by atoms with E-state index in [9.17, 15) is 0 Å². The van der Waals surface area contributed by atoms with E-state index in [-0.39, 0.29) is 0 Å². The Morgan fingerprint density at radius 2 is 0.526 bits per heavy atom. The molecular formula is C74H50N2. The highest BCUT2D eigenvalue weighted by Crippen LogP contribution is 2.64. The number of allylic oxidation sites excluding steroid dienone is 5. The lowest BCUT2D eigenvalue weighted by Crippen LogP contribution is -2.03. The molecule has 2 heterocycles. The summed E-state index contributed by atoms with van der Waals surface area (Å²) in [5.74, 6) is 0. The van der Waals surface area contributed by atoms with Gasteiger partial charge >= 0.3 is 0 Å². The fraction of sp³-hybridized carbons (Fsp3) is 0.0270. The van der Waals surface area contributed by atoms with Crippen LogP contribution < -0.4 is 0 Å². The van der Waals surface area contributed by atoms with Gasteiger partial charge in [0.25, 0.3) is 0 Å². The van der Waals surface area contributed by atoms with Gasteiger partial charge < -0.3 is 9.13 Å². The van der Waals surface area contributed by atoms with Crippen LogP contribution in [-0.4, -0.2) is 9.13 Å². The summed E-state index contributed by atoms with van der Waals surface area (Å²) in [6, 6.07) is 98.5. The third kappa shape index (κ3) is 6.54. The lowest BCUT2D eigenvalue weighted by Gasteiger charge is -2.24. The fourth-order valence-corrected chi connectivity index (χ4v) is 13.1. The first kappa shape index (κ1) is 43.8. The van der Waals surface area contributed by atoms with Crippen molar-refractivity contribution in [1.82, 2.24) is 9.13 Å². The van der Waals surface area contributed by atoms with Crippen LogP contribution in [0, 0.1) is 13.8 Å². The largest absolute Gasteiger partial charge is 0.309 e. The molecule has 2 aromatic heterocycles. The average molecular weight is 967 g/mol. The molecular weight excluding hydrogens is 917 g/mol. The minimum Gasteiger partial charge on any atom is -0.309 e. The van der Waals surface area contributed by atoms with Gasteiger partial charge in [0.15, 0.2) is 0 Å². The van der Waals surface area contributed by atoms with Crippen LogP contribution in [0.1, 0.15) is 44.5 Å². The zero-order valence-corrected chi connectivity index (χ0v) is 42.3. The van der Waals surface area contributed by atoms with Crippen LogP contribution in [-0.2, 0) is 0 Å². The zero-order chi connectivity index (χ0) is 50.4. The van der Waals surface area contributed by atoms with E-state index in [0.29, 0.717) is 0 Å². The summed E-state index contributed by atoms with van der Waals surface area (Å²) in [4.78, 5) is 0. The van der Waals surface area contributed by atoms with E-state index in [2.05, 4.69) is 290 Å². The first-order chi connectivity index (χ1) is 37.6. The Hall–Kier alpha value is -9.76. The van der Waals surface area contributed by atoms with E-state index in [1.165, 1.54) is 144 Å². The van der Waals surface area contributed by atoms with Crippen molar-refractivity contribution in [3.05, 3.63) is 317 Å². The maximum absolute atomic E-state index is 2.50. The number of benzene rings is 11. The van der Waals surface area contributed by atoms with Crippen molar-refractivity contribution in [2.45, 2.75) is 13.8 Å². The molecule has 0 N–H and O–H groups in total. The summed E-state index contributed by atoms with van der Waals surface area (Å²) in [6.45, 7) is 4.79. The average Bonchev–Trinajstić information content (AvgIpc) is 4.29. The predicted octanol–water partition coefficient (Wildman–Crippen LogP) is 19.2. The summed E-state index contributed by atoms with van der Waals surface area (Å²) in [5.41, 5.74) is 29.6. The van der Waals surface area contributed by atoms with E-state index >= 15 is 0 Å². The first-order valence-corrected chi connectivity index (χ1v) is 26.4. The SMILES string of the molecule is Cc1c2c(c(C)c(-c3ccccc3)c1-c1ccccc1)C(c1ccc3c(c1)c1ccccc1n3-c1ccccc1)=C1C(c3ccccc3)=C(c3ccccc3)C(c3ccc4c(c3)c3ccccc3n4-c3ccccc3)=C12. The Labute approximate surface area is 442 Å². The zero-order valence-electron chi connectivity index (χ0n) is 42.3. The number of aromatic nitrogens is 2. The van der Waals surface area contributed by atoms with Gasteiger partial charge in [-0.25, -0.2) is 0 Å². The molecule has 2 heteroatoms. The van der Waals surface area contributed by atoms with Crippen LogP contribution >= 0.6 is 0 Å². The number of para-hydroxylation sites is 4. The highest BCUT2D eigenvalue weighted by atomic mass is 15.0. The first-order valence-electron chi connectivity index (χ1n) is 26.4. The third-order valence-corrected chi connectivity index (χ3v) is 16.2. The molecule has 11 aromatic carbocycles. The highest BCUT2D eigenvalue weighted by Gasteiger charge is 2.43. The molecule has 2 aliphatic rings. The number of rotatable bonds is 8. The van der Waals surface area contributed by atoms with Crippen molar-refractivity contribution in [2.75, 3.05) is 0 Å².